The Balaban J connectivity index is 2.45. The van der Waals surface area contributed by atoms with Crippen LogP contribution in [0.5, 0.6) is 0 Å². The summed E-state index contributed by atoms with van der Waals surface area (Å²) in [4.78, 5) is 3.69. The first kappa shape index (κ1) is 10.5. The Labute approximate surface area is 81.2 Å². The van der Waals surface area contributed by atoms with Crippen LogP contribution in [-0.4, -0.2) is 22.5 Å². The molecule has 0 aromatic carbocycles. The molecular weight excluding hydrogens is 189 g/mol. The highest BCUT2D eigenvalue weighted by molar-refractivity contribution is 7.99. The van der Waals surface area contributed by atoms with Gasteiger partial charge in [0.25, 0.3) is 0 Å². The molecule has 1 rings (SSSR count). The molecule has 1 aromatic heterocycles. The van der Waals surface area contributed by atoms with Crippen molar-refractivity contribution in [3.8, 4) is 0 Å². The fraction of sp³-hybridized carbons (Fsp3) is 0.444. The Morgan fingerprint density at radius 1 is 1.62 bits per heavy atom. The van der Waals surface area contributed by atoms with Crippen LogP contribution in [-0.2, 0) is 0 Å². The SMILES string of the molecule is CC(CO)CSc1cccc(F)n1. The number of nitrogens with zero attached hydrogens (tertiary/aromatic N) is 1. The topological polar surface area (TPSA) is 33.1 Å². The van der Waals surface area contributed by atoms with Crippen LogP contribution in [0.25, 0.3) is 0 Å². The molecule has 0 fully saturated rings. The summed E-state index contributed by atoms with van der Waals surface area (Å²) in [6.45, 7) is 2.09. The zero-order valence-corrected chi connectivity index (χ0v) is 8.22. The van der Waals surface area contributed by atoms with Gasteiger partial charge in [-0.25, -0.2) is 4.98 Å². The van der Waals surface area contributed by atoms with Gasteiger partial charge in [-0.1, -0.05) is 13.0 Å². The molecule has 1 heterocycles. The van der Waals surface area contributed by atoms with Gasteiger partial charge in [0.05, 0.1) is 5.03 Å². The molecule has 0 amide bonds. The zero-order chi connectivity index (χ0) is 9.68. The third kappa shape index (κ3) is 3.74. The van der Waals surface area contributed by atoms with Crippen LogP contribution in [0.1, 0.15) is 6.92 Å². The Bertz CT molecular complexity index is 270. The minimum atomic E-state index is -0.457. The monoisotopic (exact) mass is 201 g/mol. The van der Waals surface area contributed by atoms with E-state index in [4.69, 9.17) is 5.11 Å². The lowest BCUT2D eigenvalue weighted by Crippen LogP contribution is -2.03. The van der Waals surface area contributed by atoms with Crippen molar-refractivity contribution in [3.63, 3.8) is 0 Å². The number of halogens is 1. The normalized spacial score (nSPS) is 12.8. The summed E-state index contributed by atoms with van der Waals surface area (Å²) in [6, 6.07) is 4.71. The Morgan fingerprint density at radius 2 is 2.38 bits per heavy atom. The second-order valence-electron chi connectivity index (χ2n) is 2.90. The molecule has 0 aliphatic rings. The van der Waals surface area contributed by atoms with Gasteiger partial charge in [0.1, 0.15) is 0 Å². The maximum absolute atomic E-state index is 12.6. The van der Waals surface area contributed by atoms with Crippen molar-refractivity contribution < 1.29 is 9.50 Å². The van der Waals surface area contributed by atoms with Crippen LogP contribution in [0.4, 0.5) is 4.39 Å². The first-order valence-corrected chi connectivity index (χ1v) is 5.07. The number of pyridine rings is 1. The highest BCUT2D eigenvalue weighted by Gasteiger charge is 2.02. The van der Waals surface area contributed by atoms with E-state index < -0.39 is 5.95 Å². The minimum absolute atomic E-state index is 0.155. The van der Waals surface area contributed by atoms with Gasteiger partial charge in [-0.15, -0.1) is 11.8 Å². The molecular formula is C9H12FNOS. The standard InChI is InChI=1S/C9H12FNOS/c1-7(5-12)6-13-9-4-2-3-8(10)11-9/h2-4,7,12H,5-6H2,1H3. The summed E-state index contributed by atoms with van der Waals surface area (Å²) in [7, 11) is 0. The highest BCUT2D eigenvalue weighted by Crippen LogP contribution is 2.17. The second kappa shape index (κ2) is 5.19. The van der Waals surface area contributed by atoms with Crippen LogP contribution in [0.2, 0.25) is 0 Å². The number of aliphatic hydroxyl groups excluding tert-OH is 1. The summed E-state index contributed by atoms with van der Waals surface area (Å²) in [6.07, 6.45) is 0. The van der Waals surface area contributed by atoms with E-state index in [9.17, 15) is 4.39 Å². The average Bonchev–Trinajstić information content (AvgIpc) is 2.14. The van der Waals surface area contributed by atoms with Gasteiger partial charge in [0.15, 0.2) is 0 Å². The molecule has 1 atom stereocenters. The highest BCUT2D eigenvalue weighted by atomic mass is 32.2. The van der Waals surface area contributed by atoms with Gasteiger partial charge in [-0.05, 0) is 18.1 Å². The van der Waals surface area contributed by atoms with Crippen LogP contribution in [0.15, 0.2) is 23.2 Å². The fourth-order valence-electron chi connectivity index (χ4n) is 0.750. The summed E-state index contributed by atoms with van der Waals surface area (Å²) in [5.74, 6) is 0.518. The van der Waals surface area contributed by atoms with E-state index in [1.54, 1.807) is 12.1 Å². The Morgan fingerprint density at radius 3 is 3.00 bits per heavy atom. The largest absolute Gasteiger partial charge is 0.396 e. The number of rotatable bonds is 4. The second-order valence-corrected chi connectivity index (χ2v) is 3.94. The molecule has 0 aliphatic carbocycles. The molecule has 0 saturated heterocycles. The lowest BCUT2D eigenvalue weighted by Gasteiger charge is -2.05. The predicted molar refractivity (Wildman–Crippen MR) is 51.2 cm³/mol. The smallest absolute Gasteiger partial charge is 0.213 e. The van der Waals surface area contributed by atoms with Gasteiger partial charge in [0.2, 0.25) is 5.95 Å². The van der Waals surface area contributed by atoms with Crippen molar-refractivity contribution >= 4 is 11.8 Å². The lowest BCUT2D eigenvalue weighted by atomic mass is 10.2. The third-order valence-electron chi connectivity index (χ3n) is 1.52. The van der Waals surface area contributed by atoms with Crippen LogP contribution in [0, 0.1) is 11.9 Å². The van der Waals surface area contributed by atoms with Crippen molar-refractivity contribution in [2.75, 3.05) is 12.4 Å². The predicted octanol–water partition coefficient (Wildman–Crippen LogP) is 1.94. The summed E-state index contributed by atoms with van der Waals surface area (Å²) < 4.78 is 12.6. The molecule has 1 aromatic rings. The first-order chi connectivity index (χ1) is 6.22. The molecule has 2 nitrogen and oxygen atoms in total. The van der Waals surface area contributed by atoms with E-state index in [-0.39, 0.29) is 12.5 Å². The van der Waals surface area contributed by atoms with Crippen molar-refractivity contribution in [1.82, 2.24) is 4.98 Å². The van der Waals surface area contributed by atoms with Gasteiger partial charge in [-0.2, -0.15) is 4.39 Å². The first-order valence-electron chi connectivity index (χ1n) is 4.08. The van der Waals surface area contributed by atoms with Gasteiger partial charge in [-0.3, -0.25) is 0 Å². The Hall–Kier alpha value is -0.610. The zero-order valence-electron chi connectivity index (χ0n) is 7.40. The maximum Gasteiger partial charge on any atom is 0.213 e. The summed E-state index contributed by atoms with van der Waals surface area (Å²) in [5.41, 5.74) is 0. The molecule has 0 radical (unpaired) electrons. The van der Waals surface area contributed by atoms with Gasteiger partial charge < -0.3 is 5.11 Å². The number of aromatic nitrogens is 1. The van der Waals surface area contributed by atoms with Crippen molar-refractivity contribution in [3.05, 3.63) is 24.1 Å². The molecule has 0 bridgehead atoms. The maximum atomic E-state index is 12.6. The van der Waals surface area contributed by atoms with Crippen molar-refractivity contribution in [2.45, 2.75) is 11.9 Å². The molecule has 1 N–H and O–H groups in total. The molecule has 4 heteroatoms. The fourth-order valence-corrected chi connectivity index (χ4v) is 1.64. The number of hydrogen-bond acceptors (Lipinski definition) is 3. The number of hydrogen-bond donors (Lipinski definition) is 1. The van der Waals surface area contributed by atoms with Gasteiger partial charge >= 0.3 is 0 Å². The van der Waals surface area contributed by atoms with E-state index in [1.165, 1.54) is 17.8 Å². The minimum Gasteiger partial charge on any atom is -0.396 e. The molecule has 72 valence electrons. The molecule has 0 saturated carbocycles. The number of aliphatic hydroxyl groups is 1. The van der Waals surface area contributed by atoms with Crippen molar-refractivity contribution in [1.29, 1.82) is 0 Å². The quantitative estimate of drug-likeness (QED) is 0.597. The Kier molecular flexibility index (Phi) is 4.18. The molecule has 0 spiro atoms. The lowest BCUT2D eigenvalue weighted by molar-refractivity contribution is 0.250. The van der Waals surface area contributed by atoms with E-state index >= 15 is 0 Å². The molecule has 0 aliphatic heterocycles. The number of thioether (sulfide) groups is 1. The van der Waals surface area contributed by atoms with E-state index in [2.05, 4.69) is 4.98 Å². The average molecular weight is 201 g/mol. The van der Waals surface area contributed by atoms with Crippen molar-refractivity contribution in [2.24, 2.45) is 5.92 Å². The van der Waals surface area contributed by atoms with Crippen LogP contribution >= 0.6 is 11.8 Å². The van der Waals surface area contributed by atoms with E-state index in [0.29, 0.717) is 5.03 Å². The van der Waals surface area contributed by atoms with E-state index in [0.717, 1.165) is 5.75 Å². The molecule has 1 unspecified atom stereocenters. The summed E-state index contributed by atoms with van der Waals surface area (Å²) in [5, 5.41) is 9.43. The molecule has 13 heavy (non-hydrogen) atoms. The third-order valence-corrected chi connectivity index (χ3v) is 2.78. The van der Waals surface area contributed by atoms with Crippen LogP contribution < -0.4 is 0 Å². The van der Waals surface area contributed by atoms with Crippen LogP contribution in [0.3, 0.4) is 0 Å². The van der Waals surface area contributed by atoms with E-state index in [1.807, 2.05) is 6.92 Å². The van der Waals surface area contributed by atoms with Gasteiger partial charge in [0, 0.05) is 12.4 Å². The summed E-state index contributed by atoms with van der Waals surface area (Å²) >= 11 is 1.46.